The van der Waals surface area contributed by atoms with Crippen LogP contribution in [0.3, 0.4) is 0 Å². The van der Waals surface area contributed by atoms with Crippen molar-refractivity contribution >= 4 is 9.84 Å². The summed E-state index contributed by atoms with van der Waals surface area (Å²) in [4.78, 5) is 0.409. The Morgan fingerprint density at radius 1 is 1.12 bits per heavy atom. The van der Waals surface area contributed by atoms with E-state index in [1.807, 2.05) is 18.2 Å². The average molecular weight is 248 g/mol. The van der Waals surface area contributed by atoms with Crippen molar-refractivity contribution in [2.24, 2.45) is 5.92 Å². The van der Waals surface area contributed by atoms with Gasteiger partial charge in [-0.1, -0.05) is 36.4 Å². The van der Waals surface area contributed by atoms with Crippen LogP contribution in [0.4, 0.5) is 0 Å². The maximum atomic E-state index is 12.3. The number of allylic oxidation sites excluding steroid dienone is 2. The molecule has 0 heterocycles. The molecule has 0 radical (unpaired) electrons. The third-order valence-corrected chi connectivity index (χ3v) is 5.25. The van der Waals surface area contributed by atoms with E-state index in [2.05, 4.69) is 6.58 Å². The van der Waals surface area contributed by atoms with E-state index < -0.39 is 9.84 Å². The molecule has 0 aliphatic heterocycles. The fraction of sp³-hybridized carbons (Fsp3) is 0.286. The van der Waals surface area contributed by atoms with Gasteiger partial charge in [0.05, 0.1) is 10.1 Å². The van der Waals surface area contributed by atoms with Crippen LogP contribution < -0.4 is 0 Å². The number of benzene rings is 1. The van der Waals surface area contributed by atoms with Gasteiger partial charge in [0.15, 0.2) is 9.84 Å². The van der Waals surface area contributed by atoms with Gasteiger partial charge in [-0.2, -0.15) is 0 Å². The summed E-state index contributed by atoms with van der Waals surface area (Å²) in [7, 11) is -3.21. The van der Waals surface area contributed by atoms with Crippen molar-refractivity contribution in [2.45, 2.75) is 23.0 Å². The predicted molar refractivity (Wildman–Crippen MR) is 69.5 cm³/mol. The van der Waals surface area contributed by atoms with Crippen LogP contribution in [0.1, 0.15) is 12.8 Å². The molecule has 2 rings (SSSR count). The molecular weight excluding hydrogens is 232 g/mol. The van der Waals surface area contributed by atoms with Gasteiger partial charge >= 0.3 is 0 Å². The van der Waals surface area contributed by atoms with E-state index in [0.717, 1.165) is 6.42 Å². The summed E-state index contributed by atoms with van der Waals surface area (Å²) >= 11 is 0. The monoisotopic (exact) mass is 248 g/mol. The third-order valence-electron chi connectivity index (χ3n) is 3.13. The van der Waals surface area contributed by atoms with Gasteiger partial charge in [0, 0.05) is 0 Å². The molecule has 0 spiro atoms. The zero-order valence-corrected chi connectivity index (χ0v) is 10.4. The fourth-order valence-corrected chi connectivity index (χ4v) is 3.69. The maximum Gasteiger partial charge on any atom is 0.184 e. The van der Waals surface area contributed by atoms with Gasteiger partial charge in [0.1, 0.15) is 0 Å². The van der Waals surface area contributed by atoms with Gasteiger partial charge in [-0.25, -0.2) is 8.42 Å². The molecule has 0 saturated carbocycles. The largest absolute Gasteiger partial charge is 0.223 e. The minimum atomic E-state index is -3.21. The topological polar surface area (TPSA) is 34.1 Å². The van der Waals surface area contributed by atoms with Crippen molar-refractivity contribution < 1.29 is 8.42 Å². The zero-order valence-electron chi connectivity index (χ0n) is 9.62. The first-order valence-electron chi connectivity index (χ1n) is 5.74. The molecule has 17 heavy (non-hydrogen) atoms. The number of hydrogen-bond donors (Lipinski definition) is 0. The van der Waals surface area contributed by atoms with E-state index in [4.69, 9.17) is 0 Å². The predicted octanol–water partition coefficient (Wildman–Crippen LogP) is 2.98. The summed E-state index contributed by atoms with van der Waals surface area (Å²) in [6.45, 7) is 3.73. The van der Waals surface area contributed by atoms with Crippen molar-refractivity contribution in [1.29, 1.82) is 0 Å². The molecule has 90 valence electrons. The van der Waals surface area contributed by atoms with Gasteiger partial charge in [0.25, 0.3) is 0 Å². The molecule has 1 aromatic carbocycles. The Morgan fingerprint density at radius 2 is 1.82 bits per heavy atom. The van der Waals surface area contributed by atoms with E-state index in [0.29, 0.717) is 17.2 Å². The Kier molecular flexibility index (Phi) is 3.48. The second kappa shape index (κ2) is 4.88. The Bertz CT molecular complexity index is 514. The molecule has 3 heteroatoms. The molecule has 1 aliphatic carbocycles. The van der Waals surface area contributed by atoms with Crippen LogP contribution in [0.2, 0.25) is 0 Å². The number of rotatable bonds is 3. The first-order chi connectivity index (χ1) is 8.14. The quantitative estimate of drug-likeness (QED) is 0.771. The molecule has 0 amide bonds. The summed E-state index contributed by atoms with van der Waals surface area (Å²) < 4.78 is 24.6. The number of hydrogen-bond acceptors (Lipinski definition) is 2. The summed E-state index contributed by atoms with van der Waals surface area (Å²) in [6.07, 6.45) is 7.14. The minimum Gasteiger partial charge on any atom is -0.223 e. The fourth-order valence-electron chi connectivity index (χ4n) is 2.06. The first-order valence-corrected chi connectivity index (χ1v) is 7.29. The Balaban J connectivity index is 2.27. The third kappa shape index (κ3) is 2.50. The molecule has 1 aromatic rings. The zero-order chi connectivity index (χ0) is 12.3. The van der Waals surface area contributed by atoms with Gasteiger partial charge in [-0.3, -0.25) is 0 Å². The van der Waals surface area contributed by atoms with Crippen molar-refractivity contribution in [3.05, 3.63) is 55.1 Å². The highest BCUT2D eigenvalue weighted by atomic mass is 32.2. The molecule has 0 bridgehead atoms. The highest BCUT2D eigenvalue weighted by Crippen LogP contribution is 2.27. The van der Waals surface area contributed by atoms with Crippen molar-refractivity contribution in [2.75, 3.05) is 0 Å². The summed E-state index contributed by atoms with van der Waals surface area (Å²) in [5.41, 5.74) is 0. The highest BCUT2D eigenvalue weighted by molar-refractivity contribution is 7.92. The van der Waals surface area contributed by atoms with E-state index in [1.54, 1.807) is 30.3 Å². The SMILES string of the molecule is C=CC1C=CC(S(=O)(=O)c2ccccc2)CC1. The Morgan fingerprint density at radius 3 is 2.35 bits per heavy atom. The molecular formula is C14H16O2S. The highest BCUT2D eigenvalue weighted by Gasteiger charge is 2.27. The van der Waals surface area contributed by atoms with Crippen LogP contribution in [0.15, 0.2) is 60.0 Å². The molecule has 0 saturated heterocycles. The first kappa shape index (κ1) is 12.1. The number of sulfone groups is 1. The van der Waals surface area contributed by atoms with Gasteiger partial charge < -0.3 is 0 Å². The van der Waals surface area contributed by atoms with Crippen LogP contribution in [0.5, 0.6) is 0 Å². The lowest BCUT2D eigenvalue weighted by Gasteiger charge is -2.20. The second-order valence-corrected chi connectivity index (χ2v) is 6.43. The summed E-state index contributed by atoms with van der Waals surface area (Å²) in [5.74, 6) is 0.317. The lowest BCUT2D eigenvalue weighted by Crippen LogP contribution is -2.22. The molecule has 0 N–H and O–H groups in total. The van der Waals surface area contributed by atoms with Crippen LogP contribution in [0, 0.1) is 5.92 Å². The summed E-state index contributed by atoms with van der Waals surface area (Å²) in [5, 5.41) is -0.388. The normalized spacial score (nSPS) is 24.5. The van der Waals surface area contributed by atoms with Crippen molar-refractivity contribution in [3.8, 4) is 0 Å². The molecule has 0 fully saturated rings. The molecule has 2 atom stereocenters. The standard InChI is InChI=1S/C14H16O2S/c1-2-12-8-10-14(11-9-12)17(15,16)13-6-4-3-5-7-13/h2-8,10,12,14H,1,9,11H2. The van der Waals surface area contributed by atoms with Gasteiger partial charge in [-0.15, -0.1) is 6.58 Å². The van der Waals surface area contributed by atoms with E-state index in [1.165, 1.54) is 0 Å². The lowest BCUT2D eigenvalue weighted by atomic mass is 9.96. The molecule has 0 aromatic heterocycles. The minimum absolute atomic E-state index is 0.317. The Hall–Kier alpha value is -1.35. The Labute approximate surface area is 103 Å². The van der Waals surface area contributed by atoms with Crippen LogP contribution in [0.25, 0.3) is 0 Å². The van der Waals surface area contributed by atoms with Crippen LogP contribution in [-0.2, 0) is 9.84 Å². The van der Waals surface area contributed by atoms with Gasteiger partial charge in [0.2, 0.25) is 0 Å². The van der Waals surface area contributed by atoms with Gasteiger partial charge in [-0.05, 0) is 30.9 Å². The molecule has 1 aliphatic rings. The van der Waals surface area contributed by atoms with Crippen molar-refractivity contribution in [3.63, 3.8) is 0 Å². The van der Waals surface area contributed by atoms with E-state index in [-0.39, 0.29) is 5.25 Å². The maximum absolute atomic E-state index is 12.3. The van der Waals surface area contributed by atoms with E-state index >= 15 is 0 Å². The van der Waals surface area contributed by atoms with Crippen LogP contribution in [-0.4, -0.2) is 13.7 Å². The molecule has 2 nitrogen and oxygen atoms in total. The van der Waals surface area contributed by atoms with E-state index in [9.17, 15) is 8.42 Å². The molecule has 2 unspecified atom stereocenters. The second-order valence-electron chi connectivity index (χ2n) is 4.26. The average Bonchev–Trinajstić information content (AvgIpc) is 2.40. The summed E-state index contributed by atoms with van der Waals surface area (Å²) in [6, 6.07) is 8.65. The van der Waals surface area contributed by atoms with Crippen LogP contribution >= 0.6 is 0 Å². The smallest absolute Gasteiger partial charge is 0.184 e. The lowest BCUT2D eigenvalue weighted by molar-refractivity contribution is 0.564. The van der Waals surface area contributed by atoms with Crippen molar-refractivity contribution in [1.82, 2.24) is 0 Å².